The maximum Gasteiger partial charge on any atom is 0.278 e. The molecule has 4 aliphatic carbocycles. The molecule has 0 saturated heterocycles. The van der Waals surface area contributed by atoms with Crippen LogP contribution in [0.2, 0.25) is 0 Å². The Morgan fingerprint density at radius 1 is 1.27 bits per heavy atom. The molecule has 4 aliphatic rings. The molecule has 1 aromatic rings. The first-order valence-electron chi connectivity index (χ1n) is 13.7. The van der Waals surface area contributed by atoms with E-state index in [1.165, 1.54) is 31.4 Å². The van der Waals surface area contributed by atoms with E-state index in [2.05, 4.69) is 0 Å². The molecule has 0 radical (unpaired) electrons. The zero-order chi connectivity index (χ0) is 29.3. The van der Waals surface area contributed by atoms with Crippen LogP contribution >= 0.6 is 0 Å². The summed E-state index contributed by atoms with van der Waals surface area (Å²) in [6.45, 7) is 4.51. The summed E-state index contributed by atoms with van der Waals surface area (Å²) < 4.78 is 27.9. The molecule has 2 N–H and O–H groups in total. The van der Waals surface area contributed by atoms with Gasteiger partial charge in [0, 0.05) is 16.7 Å². The first-order valence-corrected chi connectivity index (χ1v) is 13.7. The zero-order valence-electron chi connectivity index (χ0n) is 23.2. The van der Waals surface area contributed by atoms with Gasteiger partial charge in [-0.1, -0.05) is 25.5 Å². The Bertz CT molecular complexity index is 1330. The molecule has 9 nitrogen and oxygen atoms in total. The van der Waals surface area contributed by atoms with Crippen LogP contribution in [0.4, 0.5) is 10.1 Å². The van der Waals surface area contributed by atoms with Crippen molar-refractivity contribution in [1.82, 2.24) is 0 Å². The number of fused-ring (bicyclic) bond motifs is 5. The second-order valence-electron chi connectivity index (χ2n) is 12.3. The first-order chi connectivity index (χ1) is 18.7. The topological polar surface area (TPSA) is 136 Å². The monoisotopic (exact) mass is 557 g/mol. The van der Waals surface area contributed by atoms with Gasteiger partial charge in [-0.05, 0) is 68.7 Å². The molecule has 8 atom stereocenters. The van der Waals surface area contributed by atoms with Crippen LogP contribution in [-0.2, 0) is 20.9 Å². The quantitative estimate of drug-likeness (QED) is 0.379. The van der Waals surface area contributed by atoms with Crippen LogP contribution < -0.4 is 4.74 Å². The zero-order valence-corrected chi connectivity index (χ0v) is 23.2. The molecule has 0 unspecified atom stereocenters. The fourth-order valence-corrected chi connectivity index (χ4v) is 8.47. The average molecular weight is 558 g/mol. The Morgan fingerprint density at radius 3 is 2.67 bits per heavy atom. The number of halogens is 1. The number of alkyl halides is 1. The third-order valence-electron chi connectivity index (χ3n) is 10.6. The van der Waals surface area contributed by atoms with E-state index in [-0.39, 0.29) is 30.1 Å². The average Bonchev–Trinajstić information content (AvgIpc) is 3.11. The van der Waals surface area contributed by atoms with Gasteiger partial charge >= 0.3 is 0 Å². The molecule has 0 aliphatic heterocycles. The summed E-state index contributed by atoms with van der Waals surface area (Å²) in [7, 11) is 1.40. The number of aliphatic hydroxyl groups is 2. The van der Waals surface area contributed by atoms with Gasteiger partial charge in [-0.15, -0.1) is 0 Å². The molecule has 0 spiro atoms. The van der Waals surface area contributed by atoms with Crippen molar-refractivity contribution in [3.05, 3.63) is 57.7 Å². The maximum atomic E-state index is 17.3. The Morgan fingerprint density at radius 2 is 2.00 bits per heavy atom. The lowest BCUT2D eigenvalue weighted by molar-refractivity contribution is -0.386. The van der Waals surface area contributed by atoms with Crippen molar-refractivity contribution in [2.24, 2.45) is 28.6 Å². The molecule has 10 heteroatoms. The summed E-state index contributed by atoms with van der Waals surface area (Å²) in [4.78, 5) is 36.6. The Kier molecular flexibility index (Phi) is 6.83. The fraction of sp³-hybridized carbons (Fsp3) is 0.600. The highest BCUT2D eigenvalue weighted by Crippen LogP contribution is 2.70. The number of rotatable bonds is 7. The molecule has 0 bridgehead atoms. The molecule has 40 heavy (non-hydrogen) atoms. The van der Waals surface area contributed by atoms with Gasteiger partial charge in [-0.25, -0.2) is 4.39 Å². The summed E-state index contributed by atoms with van der Waals surface area (Å²) in [5.74, 6) is -2.03. The number of aliphatic hydroxyl groups excluding tert-OH is 1. The third-order valence-corrected chi connectivity index (χ3v) is 10.6. The van der Waals surface area contributed by atoms with Gasteiger partial charge in [0.05, 0.1) is 36.4 Å². The number of nitrogens with zero attached hydrogens (tertiary/aromatic N) is 1. The van der Waals surface area contributed by atoms with Crippen LogP contribution in [0.25, 0.3) is 0 Å². The summed E-state index contributed by atoms with van der Waals surface area (Å²) >= 11 is 0. The second kappa shape index (κ2) is 9.56. The normalized spacial score (nSPS) is 40.1. The number of nitro groups is 1. The minimum Gasteiger partial charge on any atom is -0.497 e. The molecular formula is C30H36FNO8. The van der Waals surface area contributed by atoms with Gasteiger partial charge in [0.15, 0.2) is 17.2 Å². The van der Waals surface area contributed by atoms with Crippen molar-refractivity contribution in [3.8, 4) is 5.75 Å². The molecular weight excluding hydrogens is 521 g/mol. The number of hydrogen-bond donors (Lipinski definition) is 2. The molecule has 5 rings (SSSR count). The van der Waals surface area contributed by atoms with Gasteiger partial charge in [0.1, 0.15) is 18.0 Å². The van der Waals surface area contributed by atoms with Crippen LogP contribution in [0.5, 0.6) is 5.75 Å². The summed E-state index contributed by atoms with van der Waals surface area (Å²) in [6.07, 6.45) is 4.07. The number of ether oxygens (including phenoxy) is 2. The smallest absolute Gasteiger partial charge is 0.278 e. The van der Waals surface area contributed by atoms with Crippen LogP contribution in [0.15, 0.2) is 42.0 Å². The highest BCUT2D eigenvalue weighted by molar-refractivity contribution is 6.01. The number of nitro benzene ring substituents is 1. The largest absolute Gasteiger partial charge is 0.497 e. The lowest BCUT2D eigenvalue weighted by Crippen LogP contribution is -2.69. The highest BCUT2D eigenvalue weighted by Gasteiger charge is 2.75. The van der Waals surface area contributed by atoms with Gasteiger partial charge in [0.2, 0.25) is 0 Å². The second-order valence-corrected chi connectivity index (χ2v) is 12.3. The number of methoxy groups -OCH3 is 1. The Labute approximate surface area is 232 Å². The minimum absolute atomic E-state index is 0.133. The highest BCUT2D eigenvalue weighted by atomic mass is 19.1. The third kappa shape index (κ3) is 3.75. The van der Waals surface area contributed by atoms with Crippen molar-refractivity contribution in [1.29, 1.82) is 0 Å². The Hall–Kier alpha value is -2.95. The van der Waals surface area contributed by atoms with Gasteiger partial charge in [-0.3, -0.25) is 19.7 Å². The fourth-order valence-electron chi connectivity index (χ4n) is 8.47. The predicted octanol–water partition coefficient (Wildman–Crippen LogP) is 4.04. The number of allylic oxidation sites excluding steroid dienone is 4. The van der Waals surface area contributed by atoms with E-state index < -0.39 is 63.3 Å². The number of carbonyl (C=O) groups excluding carboxylic acids is 2. The van der Waals surface area contributed by atoms with Crippen molar-refractivity contribution in [2.75, 3.05) is 13.7 Å². The van der Waals surface area contributed by atoms with Gasteiger partial charge in [-0.2, -0.15) is 0 Å². The molecule has 0 amide bonds. The molecule has 1 aromatic carbocycles. The lowest BCUT2D eigenvalue weighted by Gasteiger charge is -2.62. The summed E-state index contributed by atoms with van der Waals surface area (Å²) in [6, 6.07) is 4.32. The Balaban J connectivity index is 1.39. The van der Waals surface area contributed by atoms with Gasteiger partial charge in [0.25, 0.3) is 5.69 Å². The van der Waals surface area contributed by atoms with Crippen molar-refractivity contribution in [3.63, 3.8) is 0 Å². The predicted molar refractivity (Wildman–Crippen MR) is 142 cm³/mol. The van der Waals surface area contributed by atoms with Crippen molar-refractivity contribution in [2.45, 2.75) is 70.4 Å². The summed E-state index contributed by atoms with van der Waals surface area (Å²) in [5.41, 5.74) is -5.52. The van der Waals surface area contributed by atoms with Crippen LogP contribution in [-0.4, -0.2) is 57.8 Å². The van der Waals surface area contributed by atoms with E-state index >= 15 is 4.39 Å². The van der Waals surface area contributed by atoms with Crippen molar-refractivity contribution < 1.29 is 38.6 Å². The van der Waals surface area contributed by atoms with Crippen molar-refractivity contribution >= 4 is 17.3 Å². The minimum atomic E-state index is -2.06. The molecule has 0 aromatic heterocycles. The molecule has 216 valence electrons. The standard InChI is InChI=1S/C30H36FNO8/c1-17-11-23-22-8-6-19-12-20(33)9-10-27(19,2)29(22,31)25(34)14-28(23,3)30(17,36)26(35)16-40-15-18-5-7-21(39-4)13-24(18)32(37)38/h5,7,9-10,12-13,17,22-23,25,34,36H,6,8,11,14-16H2,1-4H3/t17-,22+,23+,25+,27+,28+,29+,30+/m1/s1. The number of Topliss-reactive ketones (excluding diaryl/α,β-unsaturated/α-hetero) is 1. The van der Waals surface area contributed by atoms with E-state index in [9.17, 15) is 29.9 Å². The molecule has 3 saturated carbocycles. The summed E-state index contributed by atoms with van der Waals surface area (Å²) in [5, 5.41) is 35.0. The van der Waals surface area contributed by atoms with E-state index in [1.807, 2.05) is 0 Å². The van der Waals surface area contributed by atoms with Crippen LogP contribution in [0.3, 0.4) is 0 Å². The van der Waals surface area contributed by atoms with E-state index in [4.69, 9.17) is 9.47 Å². The first kappa shape index (κ1) is 28.6. The lowest BCUT2D eigenvalue weighted by atomic mass is 9.44. The van der Waals surface area contributed by atoms with E-state index in [1.54, 1.807) is 32.9 Å². The molecule has 0 heterocycles. The number of carbonyl (C=O) groups is 2. The number of hydrogen-bond acceptors (Lipinski definition) is 8. The SMILES string of the molecule is COc1ccc(COCC(=O)[C@@]2(O)[C@H](C)C[C@H]3[C@@H]4CCC5=CC(=O)C=C[C@]5(C)[C@@]4(F)[C@@H](O)C[C@@]32C)c([N+](=O)[O-])c1. The van der Waals surface area contributed by atoms with E-state index in [0.717, 1.165) is 0 Å². The van der Waals surface area contributed by atoms with Gasteiger partial charge < -0.3 is 19.7 Å². The number of ketones is 2. The number of benzene rings is 1. The van der Waals surface area contributed by atoms with Crippen LogP contribution in [0, 0.1) is 38.7 Å². The van der Waals surface area contributed by atoms with Crippen LogP contribution in [0.1, 0.15) is 52.0 Å². The molecule has 3 fully saturated rings. The maximum absolute atomic E-state index is 17.3. The van der Waals surface area contributed by atoms with E-state index in [0.29, 0.717) is 30.6 Å².